The molecule has 0 aliphatic carbocycles. The molecule has 0 saturated carbocycles. The van der Waals surface area contributed by atoms with Crippen LogP contribution in [0.15, 0.2) is 109 Å². The summed E-state index contributed by atoms with van der Waals surface area (Å²) in [5.41, 5.74) is 0. The van der Waals surface area contributed by atoms with Crippen molar-refractivity contribution in [1.29, 1.82) is 0 Å². The molecule has 0 saturated heterocycles. The quantitative estimate of drug-likeness (QED) is 0.0261. The van der Waals surface area contributed by atoms with Gasteiger partial charge in [0.05, 0.1) is 0 Å². The summed E-state index contributed by atoms with van der Waals surface area (Å²) >= 11 is 0. The first-order chi connectivity index (χ1) is 37.5. The van der Waals surface area contributed by atoms with E-state index in [-0.39, 0.29) is 31.1 Å². The minimum absolute atomic E-state index is 0.0946. The number of esters is 3. The summed E-state index contributed by atoms with van der Waals surface area (Å²) in [6.07, 6.45) is 86.7. The van der Waals surface area contributed by atoms with Crippen LogP contribution in [0.25, 0.3) is 0 Å². The molecular weight excluding hydrogens is 937 g/mol. The van der Waals surface area contributed by atoms with Crippen LogP contribution in [-0.2, 0) is 28.6 Å². The van der Waals surface area contributed by atoms with E-state index in [1.54, 1.807) is 0 Å². The topological polar surface area (TPSA) is 78.9 Å². The third-order valence-corrected chi connectivity index (χ3v) is 13.5. The highest BCUT2D eigenvalue weighted by Crippen LogP contribution is 2.17. The number of carbonyl (C=O) groups excluding carboxylic acids is 3. The van der Waals surface area contributed by atoms with Gasteiger partial charge in [0.25, 0.3) is 0 Å². The maximum absolute atomic E-state index is 12.9. The van der Waals surface area contributed by atoms with Crippen LogP contribution in [0.3, 0.4) is 0 Å². The van der Waals surface area contributed by atoms with Crippen molar-refractivity contribution in [3.8, 4) is 0 Å². The fourth-order valence-corrected chi connectivity index (χ4v) is 8.81. The van der Waals surface area contributed by atoms with Gasteiger partial charge in [0.1, 0.15) is 13.2 Å². The molecule has 0 fully saturated rings. The van der Waals surface area contributed by atoms with Gasteiger partial charge in [-0.15, -0.1) is 0 Å². The van der Waals surface area contributed by atoms with Gasteiger partial charge >= 0.3 is 17.9 Å². The fraction of sp³-hybridized carbons (Fsp3) is 0.700. The summed E-state index contributed by atoms with van der Waals surface area (Å²) in [5.74, 6) is -0.929. The van der Waals surface area contributed by atoms with E-state index >= 15 is 0 Å². The molecule has 0 spiro atoms. The molecule has 0 aromatic heterocycles. The maximum atomic E-state index is 12.9. The van der Waals surface area contributed by atoms with Crippen LogP contribution in [0.2, 0.25) is 0 Å². The molecular formula is C70H118O6. The number of rotatable bonds is 57. The molecule has 6 nitrogen and oxygen atoms in total. The molecule has 0 aliphatic heterocycles. The van der Waals surface area contributed by atoms with E-state index in [4.69, 9.17) is 14.2 Å². The summed E-state index contributed by atoms with van der Waals surface area (Å²) in [6, 6.07) is 0. The van der Waals surface area contributed by atoms with Crippen LogP contribution >= 0.6 is 0 Å². The Kier molecular flexibility index (Phi) is 60.3. The monoisotopic (exact) mass is 1050 g/mol. The Hall–Kier alpha value is -3.93. The second-order valence-electron chi connectivity index (χ2n) is 20.9. The van der Waals surface area contributed by atoms with Gasteiger partial charge in [0.15, 0.2) is 6.10 Å². The van der Waals surface area contributed by atoms with Gasteiger partial charge in [-0.25, -0.2) is 0 Å². The van der Waals surface area contributed by atoms with E-state index < -0.39 is 6.10 Å². The zero-order chi connectivity index (χ0) is 55.0. The molecule has 0 aliphatic rings. The molecule has 0 N–H and O–H groups in total. The molecule has 0 bridgehead atoms. The van der Waals surface area contributed by atoms with Gasteiger partial charge in [-0.05, 0) is 103 Å². The summed E-state index contributed by atoms with van der Waals surface area (Å²) < 4.78 is 16.9. The van der Waals surface area contributed by atoms with Crippen LogP contribution in [0.5, 0.6) is 0 Å². The number of unbranched alkanes of at least 4 members (excludes halogenated alkanes) is 28. The predicted molar refractivity (Wildman–Crippen MR) is 330 cm³/mol. The predicted octanol–water partition coefficient (Wildman–Crippen LogP) is 21.8. The number of carbonyl (C=O) groups is 3. The van der Waals surface area contributed by atoms with Crippen molar-refractivity contribution >= 4 is 17.9 Å². The first-order valence-electron chi connectivity index (χ1n) is 31.9. The molecule has 6 heteroatoms. The van der Waals surface area contributed by atoms with E-state index in [0.29, 0.717) is 19.3 Å². The lowest BCUT2D eigenvalue weighted by atomic mass is 10.0. The van der Waals surface area contributed by atoms with Gasteiger partial charge in [-0.3, -0.25) is 14.4 Å². The summed E-state index contributed by atoms with van der Waals surface area (Å²) in [7, 11) is 0. The van der Waals surface area contributed by atoms with Crippen LogP contribution in [0.1, 0.15) is 297 Å². The second kappa shape index (κ2) is 63.6. The van der Waals surface area contributed by atoms with E-state index in [1.165, 1.54) is 122 Å². The first-order valence-corrected chi connectivity index (χ1v) is 31.9. The molecule has 0 amide bonds. The van der Waals surface area contributed by atoms with Gasteiger partial charge < -0.3 is 14.2 Å². The van der Waals surface area contributed by atoms with Gasteiger partial charge in [0.2, 0.25) is 0 Å². The van der Waals surface area contributed by atoms with E-state index in [1.807, 2.05) is 0 Å². The Morgan fingerprint density at radius 1 is 0.276 bits per heavy atom. The van der Waals surface area contributed by atoms with Crippen molar-refractivity contribution in [2.45, 2.75) is 303 Å². The van der Waals surface area contributed by atoms with E-state index in [9.17, 15) is 14.4 Å². The van der Waals surface area contributed by atoms with Crippen LogP contribution in [0, 0.1) is 0 Å². The first kappa shape index (κ1) is 72.1. The van der Waals surface area contributed by atoms with E-state index in [0.717, 1.165) is 135 Å². The SMILES string of the molecule is CC/C=C\C/C=C\C/C=C\C/C=C\C/C=C\C/C=C\CCCCCCCCC(=O)OCC(COC(=O)CCCCC/C=C\C/C=C\C/C=C\CC)OC(=O)CCCCCCCCCCCCCCCCCCCCCC. The van der Waals surface area contributed by atoms with Crippen molar-refractivity contribution in [3.05, 3.63) is 109 Å². The minimum atomic E-state index is -0.798. The van der Waals surface area contributed by atoms with Gasteiger partial charge in [0, 0.05) is 19.3 Å². The number of ether oxygens (including phenoxy) is 3. The standard InChI is InChI=1S/C70H118O6/c1-4-7-10-13-16-19-22-25-27-29-31-33-34-35-36-37-39-40-42-45-48-51-54-57-60-63-69(72)75-66-67(65-74-68(71)62-59-56-53-50-47-44-24-21-18-15-12-9-6-3)76-70(73)64-61-58-55-52-49-46-43-41-38-32-30-28-26-23-20-17-14-11-8-5-2/h7,9-10,12,16,18-19,21,25,27,31,33,35-36,39-40,44,47,67H,4-6,8,11,13-15,17,20,22-24,26,28-30,32,34,37-38,41-43,45-46,48-66H2,1-3H3/b10-7-,12-9-,19-16-,21-18-,27-25-,33-31-,36-35-,40-39-,47-44-. The number of hydrogen-bond acceptors (Lipinski definition) is 6. The van der Waals surface area contributed by atoms with Crippen molar-refractivity contribution in [3.63, 3.8) is 0 Å². The molecule has 434 valence electrons. The summed E-state index contributed by atoms with van der Waals surface area (Å²) in [5, 5.41) is 0. The third kappa shape index (κ3) is 60.9. The molecule has 76 heavy (non-hydrogen) atoms. The van der Waals surface area contributed by atoms with Crippen molar-refractivity contribution < 1.29 is 28.6 Å². The molecule has 0 aromatic rings. The zero-order valence-corrected chi connectivity index (χ0v) is 49.7. The summed E-state index contributed by atoms with van der Waals surface area (Å²) in [4.78, 5) is 38.3. The third-order valence-electron chi connectivity index (χ3n) is 13.5. The molecule has 0 heterocycles. The second-order valence-corrected chi connectivity index (χ2v) is 20.9. The Bertz CT molecular complexity index is 1540. The lowest BCUT2D eigenvalue weighted by Gasteiger charge is -2.18. The Balaban J connectivity index is 4.37. The van der Waals surface area contributed by atoms with Crippen molar-refractivity contribution in [2.75, 3.05) is 13.2 Å². The van der Waals surface area contributed by atoms with Crippen LogP contribution in [0.4, 0.5) is 0 Å². The highest BCUT2D eigenvalue weighted by molar-refractivity contribution is 5.71. The number of hydrogen-bond donors (Lipinski definition) is 0. The average molecular weight is 1060 g/mol. The fourth-order valence-electron chi connectivity index (χ4n) is 8.81. The minimum Gasteiger partial charge on any atom is -0.462 e. The maximum Gasteiger partial charge on any atom is 0.306 e. The van der Waals surface area contributed by atoms with E-state index in [2.05, 4.69) is 130 Å². The lowest BCUT2D eigenvalue weighted by molar-refractivity contribution is -0.167. The molecule has 1 atom stereocenters. The summed E-state index contributed by atoms with van der Waals surface area (Å²) in [6.45, 7) is 6.40. The molecule has 0 rings (SSSR count). The van der Waals surface area contributed by atoms with Crippen LogP contribution in [-0.4, -0.2) is 37.2 Å². The van der Waals surface area contributed by atoms with Crippen molar-refractivity contribution in [2.24, 2.45) is 0 Å². The largest absolute Gasteiger partial charge is 0.462 e. The molecule has 0 aromatic carbocycles. The zero-order valence-electron chi connectivity index (χ0n) is 49.7. The smallest absolute Gasteiger partial charge is 0.306 e. The Labute approximate surface area is 470 Å². The number of allylic oxidation sites excluding steroid dienone is 18. The molecule has 0 radical (unpaired) electrons. The average Bonchev–Trinajstić information content (AvgIpc) is 3.42. The highest BCUT2D eigenvalue weighted by Gasteiger charge is 2.19. The van der Waals surface area contributed by atoms with Crippen LogP contribution < -0.4 is 0 Å². The lowest BCUT2D eigenvalue weighted by Crippen LogP contribution is -2.30. The van der Waals surface area contributed by atoms with Crippen molar-refractivity contribution in [1.82, 2.24) is 0 Å². The molecule has 1 unspecified atom stereocenters. The normalized spacial score (nSPS) is 12.8. The van der Waals surface area contributed by atoms with Gasteiger partial charge in [-0.2, -0.15) is 0 Å². The Morgan fingerprint density at radius 3 is 0.816 bits per heavy atom. The highest BCUT2D eigenvalue weighted by atomic mass is 16.6. The Morgan fingerprint density at radius 2 is 0.513 bits per heavy atom. The van der Waals surface area contributed by atoms with Gasteiger partial charge in [-0.1, -0.05) is 284 Å².